The van der Waals surface area contributed by atoms with E-state index in [2.05, 4.69) is 19.9 Å². The van der Waals surface area contributed by atoms with Crippen LogP contribution in [0.2, 0.25) is 0 Å². The number of nitrogens with zero attached hydrogens (tertiary/aromatic N) is 1. The maximum Gasteiger partial charge on any atom is 0.0750 e. The van der Waals surface area contributed by atoms with E-state index in [1.54, 1.807) is 0 Å². The van der Waals surface area contributed by atoms with Crippen LogP contribution in [0.15, 0.2) is 0 Å². The molecule has 1 aliphatic rings. The van der Waals surface area contributed by atoms with Crippen molar-refractivity contribution in [2.75, 3.05) is 0 Å². The number of aliphatic hydroxyl groups is 1. The quantitative estimate of drug-likeness (QED) is 0.710. The van der Waals surface area contributed by atoms with Crippen molar-refractivity contribution in [1.29, 1.82) is 5.26 Å². The van der Waals surface area contributed by atoms with Crippen molar-refractivity contribution >= 4 is 0 Å². The zero-order valence-corrected chi connectivity index (χ0v) is 8.53. The zero-order valence-electron chi connectivity index (χ0n) is 8.53. The lowest BCUT2D eigenvalue weighted by molar-refractivity contribution is 0.0306. The summed E-state index contributed by atoms with van der Waals surface area (Å²) in [6.45, 7) is 4.27. The minimum Gasteiger partial charge on any atom is -0.392 e. The van der Waals surface area contributed by atoms with Crippen LogP contribution in [-0.2, 0) is 0 Å². The number of aliphatic hydroxyl groups excluding tert-OH is 1. The Kier molecular flexibility index (Phi) is 3.74. The van der Waals surface area contributed by atoms with Gasteiger partial charge in [-0.15, -0.1) is 0 Å². The van der Waals surface area contributed by atoms with E-state index in [4.69, 9.17) is 5.26 Å². The Labute approximate surface area is 80.6 Å². The van der Waals surface area contributed by atoms with Gasteiger partial charge in [0.05, 0.1) is 18.1 Å². The summed E-state index contributed by atoms with van der Waals surface area (Å²) in [4.78, 5) is 0. The Hall–Kier alpha value is -0.550. The number of hydrogen-bond acceptors (Lipinski definition) is 2. The minimum atomic E-state index is -0.381. The molecule has 0 heterocycles. The van der Waals surface area contributed by atoms with Gasteiger partial charge in [0.15, 0.2) is 0 Å². The first-order chi connectivity index (χ1) is 6.22. The Bertz CT molecular complexity index is 197. The molecule has 2 nitrogen and oxygen atoms in total. The second-order valence-corrected chi connectivity index (χ2v) is 4.14. The summed E-state index contributed by atoms with van der Waals surface area (Å²) in [5, 5.41) is 18.7. The van der Waals surface area contributed by atoms with Gasteiger partial charge >= 0.3 is 0 Å². The molecule has 0 aromatic carbocycles. The van der Waals surface area contributed by atoms with E-state index in [1.807, 2.05) is 0 Å². The molecule has 13 heavy (non-hydrogen) atoms. The molecule has 1 fully saturated rings. The van der Waals surface area contributed by atoms with Crippen LogP contribution < -0.4 is 0 Å². The smallest absolute Gasteiger partial charge is 0.0750 e. The number of rotatable bonds is 2. The van der Waals surface area contributed by atoms with Crippen LogP contribution in [0.5, 0.6) is 0 Å². The molecule has 1 aliphatic carbocycles. The normalized spacial score (nSPS) is 39.8. The first kappa shape index (κ1) is 10.5. The maximum absolute atomic E-state index is 9.75. The molecule has 1 N–H and O–H groups in total. The third-order valence-electron chi connectivity index (χ3n) is 3.38. The average molecular weight is 181 g/mol. The molecule has 2 heteroatoms. The lowest BCUT2D eigenvalue weighted by Crippen LogP contribution is -2.35. The van der Waals surface area contributed by atoms with Gasteiger partial charge in [0.2, 0.25) is 0 Å². The van der Waals surface area contributed by atoms with E-state index >= 15 is 0 Å². The van der Waals surface area contributed by atoms with Gasteiger partial charge in [0, 0.05) is 0 Å². The second kappa shape index (κ2) is 4.62. The van der Waals surface area contributed by atoms with Gasteiger partial charge in [-0.25, -0.2) is 0 Å². The molecule has 1 rings (SSSR count). The van der Waals surface area contributed by atoms with Gasteiger partial charge in [-0.05, 0) is 24.7 Å². The van der Waals surface area contributed by atoms with Crippen LogP contribution in [-0.4, -0.2) is 11.2 Å². The summed E-state index contributed by atoms with van der Waals surface area (Å²) in [7, 11) is 0. The van der Waals surface area contributed by atoms with Crippen LogP contribution in [0.25, 0.3) is 0 Å². The molecule has 0 radical (unpaired) electrons. The Morgan fingerprint density at radius 1 is 1.31 bits per heavy atom. The van der Waals surface area contributed by atoms with Crippen molar-refractivity contribution in [2.24, 2.45) is 17.8 Å². The van der Waals surface area contributed by atoms with Gasteiger partial charge in [0.25, 0.3) is 0 Å². The topological polar surface area (TPSA) is 44.0 Å². The predicted octanol–water partition coefficient (Wildman–Crippen LogP) is 2.33. The fourth-order valence-corrected chi connectivity index (χ4v) is 2.42. The van der Waals surface area contributed by atoms with Crippen LogP contribution in [0.1, 0.15) is 39.5 Å². The summed E-state index contributed by atoms with van der Waals surface area (Å²) < 4.78 is 0. The Morgan fingerprint density at radius 3 is 2.46 bits per heavy atom. The van der Waals surface area contributed by atoms with Gasteiger partial charge in [-0.1, -0.05) is 26.7 Å². The molecule has 0 saturated heterocycles. The van der Waals surface area contributed by atoms with Crippen LogP contribution in [0.4, 0.5) is 0 Å². The average Bonchev–Trinajstić information content (AvgIpc) is 2.16. The van der Waals surface area contributed by atoms with Crippen molar-refractivity contribution < 1.29 is 5.11 Å². The Balaban J connectivity index is 2.64. The third kappa shape index (κ3) is 2.22. The third-order valence-corrected chi connectivity index (χ3v) is 3.38. The minimum absolute atomic E-state index is 0.118. The number of nitriles is 1. The summed E-state index contributed by atoms with van der Waals surface area (Å²) in [6.07, 6.45) is 3.72. The molecule has 0 aromatic rings. The van der Waals surface area contributed by atoms with Crippen molar-refractivity contribution in [3.63, 3.8) is 0 Å². The largest absolute Gasteiger partial charge is 0.392 e. The molecule has 0 bridgehead atoms. The molecular weight excluding hydrogens is 162 g/mol. The summed E-state index contributed by atoms with van der Waals surface area (Å²) >= 11 is 0. The highest BCUT2D eigenvalue weighted by atomic mass is 16.3. The molecular formula is C11H19NO. The van der Waals surface area contributed by atoms with Gasteiger partial charge in [-0.2, -0.15) is 5.26 Å². The number of hydrogen-bond donors (Lipinski definition) is 1. The summed E-state index contributed by atoms with van der Waals surface area (Å²) in [5.74, 6) is 0.927. The van der Waals surface area contributed by atoms with Crippen LogP contribution in [0, 0.1) is 29.1 Å². The fourth-order valence-electron chi connectivity index (χ4n) is 2.42. The highest BCUT2D eigenvalue weighted by Gasteiger charge is 2.35. The molecule has 0 amide bonds. The van der Waals surface area contributed by atoms with Crippen molar-refractivity contribution in [3.8, 4) is 6.07 Å². The molecule has 74 valence electrons. The van der Waals surface area contributed by atoms with Crippen LogP contribution in [0.3, 0.4) is 0 Å². The van der Waals surface area contributed by atoms with Gasteiger partial charge < -0.3 is 5.11 Å². The van der Waals surface area contributed by atoms with Crippen molar-refractivity contribution in [3.05, 3.63) is 0 Å². The lowest BCUT2D eigenvalue weighted by Gasteiger charge is -2.35. The molecule has 1 saturated carbocycles. The molecule has 1 unspecified atom stereocenters. The van der Waals surface area contributed by atoms with Gasteiger partial charge in [0.1, 0.15) is 0 Å². The van der Waals surface area contributed by atoms with E-state index in [1.165, 1.54) is 0 Å². The molecule has 0 spiro atoms. The maximum atomic E-state index is 9.75. The molecule has 0 aliphatic heterocycles. The lowest BCUT2D eigenvalue weighted by atomic mass is 9.71. The molecule has 0 aromatic heterocycles. The van der Waals surface area contributed by atoms with Gasteiger partial charge in [-0.3, -0.25) is 0 Å². The highest BCUT2D eigenvalue weighted by molar-refractivity contribution is 4.97. The first-order valence-electron chi connectivity index (χ1n) is 5.30. The summed E-state index contributed by atoms with van der Waals surface area (Å²) in [6, 6.07) is 2.25. The first-order valence-corrected chi connectivity index (χ1v) is 5.30. The van der Waals surface area contributed by atoms with Crippen molar-refractivity contribution in [1.82, 2.24) is 0 Å². The van der Waals surface area contributed by atoms with E-state index in [-0.39, 0.29) is 12.0 Å². The van der Waals surface area contributed by atoms with Crippen LogP contribution >= 0.6 is 0 Å². The van der Waals surface area contributed by atoms with E-state index in [0.29, 0.717) is 11.8 Å². The predicted molar refractivity (Wildman–Crippen MR) is 51.9 cm³/mol. The molecule has 4 atom stereocenters. The van der Waals surface area contributed by atoms with E-state index in [9.17, 15) is 5.11 Å². The van der Waals surface area contributed by atoms with E-state index in [0.717, 1.165) is 25.7 Å². The standard InChI is InChI=1S/C11H19NO/c1-3-8-5-9(4-2)10(7-12)11(13)6-8/h8-11,13H,3-6H2,1-2H3/t8?,9-,10-,11+/m0/s1. The monoisotopic (exact) mass is 181 g/mol. The highest BCUT2D eigenvalue weighted by Crippen LogP contribution is 2.36. The van der Waals surface area contributed by atoms with E-state index < -0.39 is 0 Å². The van der Waals surface area contributed by atoms with Crippen molar-refractivity contribution in [2.45, 2.75) is 45.6 Å². The Morgan fingerprint density at radius 2 is 2.00 bits per heavy atom. The summed E-state index contributed by atoms with van der Waals surface area (Å²) in [5.41, 5.74) is 0. The zero-order chi connectivity index (χ0) is 9.84. The fraction of sp³-hybridized carbons (Fsp3) is 0.909. The second-order valence-electron chi connectivity index (χ2n) is 4.14. The SMILES string of the molecule is CCC1C[C@H](CC)[C@H](C#N)[C@H](O)C1.